The Morgan fingerprint density at radius 3 is 2.31 bits per heavy atom. The number of carbonyl (C=O) groups excluding carboxylic acids is 1. The number of hydrogen-bond donors (Lipinski definition) is 3. The summed E-state index contributed by atoms with van der Waals surface area (Å²) in [6, 6.07) is 0. The molecule has 16 heavy (non-hydrogen) atoms. The summed E-state index contributed by atoms with van der Waals surface area (Å²) in [7, 11) is 0. The summed E-state index contributed by atoms with van der Waals surface area (Å²) < 4.78 is 0. The van der Waals surface area contributed by atoms with E-state index >= 15 is 0 Å². The highest BCUT2D eigenvalue weighted by Gasteiger charge is 2.17. The summed E-state index contributed by atoms with van der Waals surface area (Å²) >= 11 is 0. The fraction of sp³-hybridized carbons (Fsp3) is 0.818. The van der Waals surface area contributed by atoms with Crippen LogP contribution in [0, 0.1) is 0 Å². The Hall–Kier alpha value is -1.10. The van der Waals surface area contributed by atoms with E-state index in [1.807, 2.05) is 6.92 Å². The zero-order valence-corrected chi connectivity index (χ0v) is 9.95. The Labute approximate surface area is 95.9 Å². The summed E-state index contributed by atoms with van der Waals surface area (Å²) in [6.07, 6.45) is 2.05. The molecule has 0 heterocycles. The number of aliphatic hydroxyl groups is 1. The van der Waals surface area contributed by atoms with Gasteiger partial charge in [0, 0.05) is 19.4 Å². The van der Waals surface area contributed by atoms with E-state index in [9.17, 15) is 14.7 Å². The van der Waals surface area contributed by atoms with Crippen LogP contribution in [0.1, 0.15) is 46.0 Å². The third-order valence-electron chi connectivity index (χ3n) is 2.47. The molecule has 1 atom stereocenters. The average Bonchev–Trinajstić information content (AvgIpc) is 2.21. The van der Waals surface area contributed by atoms with Crippen molar-refractivity contribution in [1.82, 2.24) is 5.32 Å². The van der Waals surface area contributed by atoms with E-state index in [2.05, 4.69) is 5.32 Å². The van der Waals surface area contributed by atoms with Crippen LogP contribution in [-0.2, 0) is 9.59 Å². The summed E-state index contributed by atoms with van der Waals surface area (Å²) in [5, 5.41) is 20.6. The van der Waals surface area contributed by atoms with Crippen LogP contribution in [0.2, 0.25) is 0 Å². The Kier molecular flexibility index (Phi) is 6.72. The molecule has 1 unspecified atom stereocenters. The first-order valence-electron chi connectivity index (χ1n) is 5.58. The first-order chi connectivity index (χ1) is 7.37. The quantitative estimate of drug-likeness (QED) is 0.542. The fourth-order valence-corrected chi connectivity index (χ4v) is 1.06. The summed E-state index contributed by atoms with van der Waals surface area (Å²) in [6.45, 7) is 3.75. The first-order valence-corrected chi connectivity index (χ1v) is 5.58. The number of aliphatic carboxylic acids is 1. The van der Waals surface area contributed by atoms with E-state index in [1.54, 1.807) is 6.92 Å². The van der Waals surface area contributed by atoms with Crippen molar-refractivity contribution in [3.63, 3.8) is 0 Å². The molecule has 0 radical (unpaired) electrons. The van der Waals surface area contributed by atoms with Crippen LogP contribution in [0.4, 0.5) is 0 Å². The minimum Gasteiger partial charge on any atom is -0.481 e. The van der Waals surface area contributed by atoms with Gasteiger partial charge in [0.25, 0.3) is 0 Å². The first kappa shape index (κ1) is 14.9. The van der Waals surface area contributed by atoms with Gasteiger partial charge in [0.1, 0.15) is 0 Å². The maximum Gasteiger partial charge on any atom is 0.303 e. The Bertz CT molecular complexity index is 238. The summed E-state index contributed by atoms with van der Waals surface area (Å²) in [4.78, 5) is 21.5. The highest BCUT2D eigenvalue weighted by atomic mass is 16.4. The number of unbranched alkanes of at least 4 members (excludes halogenated alkanes) is 1. The van der Waals surface area contributed by atoms with Gasteiger partial charge in [0.05, 0.1) is 5.60 Å². The van der Waals surface area contributed by atoms with Gasteiger partial charge in [-0.15, -0.1) is 0 Å². The van der Waals surface area contributed by atoms with Gasteiger partial charge >= 0.3 is 5.97 Å². The summed E-state index contributed by atoms with van der Waals surface area (Å²) in [5.41, 5.74) is -0.864. The van der Waals surface area contributed by atoms with Gasteiger partial charge < -0.3 is 15.5 Å². The summed E-state index contributed by atoms with van der Waals surface area (Å²) in [5.74, 6) is -0.978. The van der Waals surface area contributed by atoms with Crippen LogP contribution in [0.15, 0.2) is 0 Å². The van der Waals surface area contributed by atoms with Crippen molar-refractivity contribution in [2.75, 3.05) is 6.54 Å². The van der Waals surface area contributed by atoms with E-state index < -0.39 is 11.6 Å². The molecule has 0 saturated carbocycles. The molecule has 0 aromatic carbocycles. The van der Waals surface area contributed by atoms with Crippen LogP contribution in [0.25, 0.3) is 0 Å². The highest BCUT2D eigenvalue weighted by Crippen LogP contribution is 2.06. The molecule has 1 amide bonds. The van der Waals surface area contributed by atoms with Gasteiger partial charge in [-0.25, -0.2) is 0 Å². The lowest BCUT2D eigenvalue weighted by atomic mass is 10.0. The predicted molar refractivity (Wildman–Crippen MR) is 60.0 cm³/mol. The van der Waals surface area contributed by atoms with Crippen molar-refractivity contribution in [3.8, 4) is 0 Å². The van der Waals surface area contributed by atoms with Crippen molar-refractivity contribution in [1.29, 1.82) is 0 Å². The number of nitrogens with one attached hydrogen (secondary N) is 1. The van der Waals surface area contributed by atoms with E-state index in [1.165, 1.54) is 0 Å². The van der Waals surface area contributed by atoms with Gasteiger partial charge in [0.15, 0.2) is 0 Å². The number of carboxylic acids is 1. The van der Waals surface area contributed by atoms with E-state index in [0.29, 0.717) is 25.7 Å². The smallest absolute Gasteiger partial charge is 0.303 e. The molecule has 0 aromatic rings. The molecule has 5 heteroatoms. The monoisotopic (exact) mass is 231 g/mol. The molecule has 0 bridgehead atoms. The van der Waals surface area contributed by atoms with Crippen LogP contribution in [0.3, 0.4) is 0 Å². The average molecular weight is 231 g/mol. The largest absolute Gasteiger partial charge is 0.481 e. The van der Waals surface area contributed by atoms with Crippen LogP contribution < -0.4 is 5.32 Å². The molecule has 5 nitrogen and oxygen atoms in total. The molecule has 0 aliphatic heterocycles. The fourth-order valence-electron chi connectivity index (χ4n) is 1.06. The number of rotatable bonds is 8. The molecule has 0 rings (SSSR count). The van der Waals surface area contributed by atoms with Crippen molar-refractivity contribution < 1.29 is 19.8 Å². The zero-order chi connectivity index (χ0) is 12.6. The zero-order valence-electron chi connectivity index (χ0n) is 9.95. The van der Waals surface area contributed by atoms with Crippen LogP contribution >= 0.6 is 0 Å². The molecule has 0 aliphatic carbocycles. The van der Waals surface area contributed by atoms with Gasteiger partial charge in [-0.1, -0.05) is 6.92 Å². The van der Waals surface area contributed by atoms with E-state index in [0.717, 1.165) is 0 Å². The third-order valence-corrected chi connectivity index (χ3v) is 2.47. The van der Waals surface area contributed by atoms with Crippen molar-refractivity contribution >= 4 is 11.9 Å². The Morgan fingerprint density at radius 1 is 1.25 bits per heavy atom. The van der Waals surface area contributed by atoms with Crippen molar-refractivity contribution in [2.45, 2.75) is 51.6 Å². The minimum atomic E-state index is -0.864. The number of hydrogen-bond acceptors (Lipinski definition) is 3. The van der Waals surface area contributed by atoms with Crippen LogP contribution in [0.5, 0.6) is 0 Å². The lowest BCUT2D eigenvalue weighted by Gasteiger charge is -2.21. The van der Waals surface area contributed by atoms with E-state index in [4.69, 9.17) is 5.11 Å². The highest BCUT2D eigenvalue weighted by molar-refractivity contribution is 5.76. The molecular weight excluding hydrogens is 210 g/mol. The van der Waals surface area contributed by atoms with Gasteiger partial charge in [-0.2, -0.15) is 0 Å². The standard InChI is InChI=1S/C11H21NO4/c1-3-11(2,16)8-12-9(13)6-4-5-7-10(14)15/h16H,3-8H2,1-2H3,(H,12,13)(H,14,15). The maximum absolute atomic E-state index is 11.3. The number of carbonyl (C=O) groups is 2. The minimum absolute atomic E-state index is 0.0972. The lowest BCUT2D eigenvalue weighted by Crippen LogP contribution is -2.39. The molecule has 0 fully saturated rings. The number of amides is 1. The molecule has 0 aromatic heterocycles. The Balaban J connectivity index is 3.56. The Morgan fingerprint density at radius 2 is 1.81 bits per heavy atom. The van der Waals surface area contributed by atoms with E-state index in [-0.39, 0.29) is 18.9 Å². The SMILES string of the molecule is CCC(C)(O)CNC(=O)CCCCC(=O)O. The second kappa shape index (κ2) is 7.22. The second-order valence-corrected chi connectivity index (χ2v) is 4.23. The van der Waals surface area contributed by atoms with Crippen molar-refractivity contribution in [3.05, 3.63) is 0 Å². The lowest BCUT2D eigenvalue weighted by molar-refractivity contribution is -0.137. The van der Waals surface area contributed by atoms with Gasteiger partial charge in [0.2, 0.25) is 5.91 Å². The second-order valence-electron chi connectivity index (χ2n) is 4.23. The molecule has 0 spiro atoms. The molecular formula is C11H21NO4. The molecule has 94 valence electrons. The van der Waals surface area contributed by atoms with Gasteiger partial charge in [-0.3, -0.25) is 9.59 Å². The van der Waals surface area contributed by atoms with Crippen molar-refractivity contribution in [2.24, 2.45) is 0 Å². The van der Waals surface area contributed by atoms with Crippen LogP contribution in [-0.4, -0.2) is 34.2 Å². The predicted octanol–water partition coefficient (Wildman–Crippen LogP) is 0.909. The maximum atomic E-state index is 11.3. The van der Waals surface area contributed by atoms with Gasteiger partial charge in [-0.05, 0) is 26.2 Å². The molecule has 0 aliphatic rings. The normalized spacial score (nSPS) is 14.2. The third kappa shape index (κ3) is 8.23. The molecule has 0 saturated heterocycles. The molecule has 3 N–H and O–H groups in total. The topological polar surface area (TPSA) is 86.6 Å². The number of carboxylic acid groups (broad SMARTS) is 1.